The summed E-state index contributed by atoms with van der Waals surface area (Å²) in [5.74, 6) is 1.97. The van der Waals surface area contributed by atoms with Crippen LogP contribution in [0.15, 0.2) is 29.6 Å². The first kappa shape index (κ1) is 16.7. The van der Waals surface area contributed by atoms with E-state index < -0.39 is 0 Å². The van der Waals surface area contributed by atoms with Gasteiger partial charge in [0.1, 0.15) is 11.5 Å². The van der Waals surface area contributed by atoms with Crippen molar-refractivity contribution < 1.29 is 0 Å². The zero-order valence-electron chi connectivity index (χ0n) is 16.1. The highest BCUT2D eigenvalue weighted by atomic mass is 15.2. The number of amidine groups is 1. The van der Waals surface area contributed by atoms with Crippen molar-refractivity contribution in [1.29, 1.82) is 0 Å². The van der Waals surface area contributed by atoms with Crippen molar-refractivity contribution in [2.75, 3.05) is 29.4 Å². The molecule has 3 aliphatic rings. The minimum Gasteiger partial charge on any atom is -0.355 e. The normalized spacial score (nSPS) is 20.9. The van der Waals surface area contributed by atoms with E-state index in [-0.39, 0.29) is 0 Å². The zero-order valence-corrected chi connectivity index (χ0v) is 16.1. The molecule has 27 heavy (non-hydrogen) atoms. The number of nitrogens with zero attached hydrogens (tertiary/aromatic N) is 6. The molecule has 0 atom stereocenters. The van der Waals surface area contributed by atoms with Crippen molar-refractivity contribution in [2.24, 2.45) is 10.4 Å². The topological polar surface area (TPSA) is 57.5 Å². The molecular formula is C21H26N6. The van der Waals surface area contributed by atoms with Crippen LogP contribution in [0.25, 0.3) is 0 Å². The summed E-state index contributed by atoms with van der Waals surface area (Å²) in [6.07, 6.45) is 10.4. The molecular weight excluding hydrogens is 336 g/mol. The Morgan fingerprint density at radius 3 is 2.78 bits per heavy atom. The van der Waals surface area contributed by atoms with E-state index in [1.54, 1.807) is 0 Å². The van der Waals surface area contributed by atoms with E-state index >= 15 is 0 Å². The number of aryl methyl sites for hydroxylation is 1. The summed E-state index contributed by atoms with van der Waals surface area (Å²) in [5.41, 5.74) is 4.90. The van der Waals surface area contributed by atoms with Crippen LogP contribution in [-0.4, -0.2) is 40.4 Å². The zero-order chi connectivity index (χ0) is 18.4. The van der Waals surface area contributed by atoms with E-state index in [1.807, 2.05) is 18.6 Å². The lowest BCUT2D eigenvalue weighted by molar-refractivity contribution is 0.279. The third kappa shape index (κ3) is 2.97. The average Bonchev–Trinajstić information content (AvgIpc) is 3.10. The van der Waals surface area contributed by atoms with Gasteiger partial charge in [-0.3, -0.25) is 9.98 Å². The van der Waals surface area contributed by atoms with Gasteiger partial charge in [-0.25, -0.2) is 9.97 Å². The van der Waals surface area contributed by atoms with Crippen LogP contribution >= 0.6 is 0 Å². The molecule has 6 nitrogen and oxygen atoms in total. The Balaban J connectivity index is 1.41. The number of aliphatic imine (C=N–C) groups is 1. The van der Waals surface area contributed by atoms with Crippen molar-refractivity contribution in [3.63, 3.8) is 0 Å². The predicted octanol–water partition coefficient (Wildman–Crippen LogP) is 3.21. The minimum absolute atomic E-state index is 0.438. The monoisotopic (exact) mass is 362 g/mol. The Morgan fingerprint density at radius 1 is 1.07 bits per heavy atom. The number of hydrogen-bond acceptors (Lipinski definition) is 6. The van der Waals surface area contributed by atoms with Gasteiger partial charge in [0.25, 0.3) is 0 Å². The molecule has 5 heterocycles. The van der Waals surface area contributed by atoms with Gasteiger partial charge in [0.15, 0.2) is 5.84 Å². The van der Waals surface area contributed by atoms with E-state index in [4.69, 9.17) is 15.0 Å². The number of anilines is 2. The molecule has 0 saturated carbocycles. The van der Waals surface area contributed by atoms with Crippen molar-refractivity contribution in [2.45, 2.75) is 46.1 Å². The van der Waals surface area contributed by atoms with Gasteiger partial charge in [-0.1, -0.05) is 13.8 Å². The summed E-state index contributed by atoms with van der Waals surface area (Å²) in [5, 5.41) is 0. The fourth-order valence-corrected chi connectivity index (χ4v) is 4.29. The molecule has 0 radical (unpaired) electrons. The highest BCUT2D eigenvalue weighted by Gasteiger charge is 2.30. The number of piperidine rings is 1. The van der Waals surface area contributed by atoms with E-state index in [9.17, 15) is 0 Å². The molecule has 3 aliphatic heterocycles. The molecule has 140 valence electrons. The van der Waals surface area contributed by atoms with Gasteiger partial charge in [-0.15, -0.1) is 0 Å². The molecule has 5 rings (SSSR count). The van der Waals surface area contributed by atoms with Crippen molar-refractivity contribution in [3.05, 3.63) is 41.6 Å². The number of aromatic nitrogens is 3. The van der Waals surface area contributed by atoms with Crippen LogP contribution in [-0.2, 0) is 13.0 Å². The largest absolute Gasteiger partial charge is 0.355 e. The fourth-order valence-electron chi connectivity index (χ4n) is 4.29. The second-order valence-corrected chi connectivity index (χ2v) is 8.57. The average molecular weight is 362 g/mol. The van der Waals surface area contributed by atoms with Gasteiger partial charge in [0.05, 0.1) is 18.4 Å². The maximum absolute atomic E-state index is 4.94. The molecule has 0 N–H and O–H groups in total. The molecule has 0 amide bonds. The van der Waals surface area contributed by atoms with Gasteiger partial charge < -0.3 is 9.80 Å². The second kappa shape index (κ2) is 6.29. The van der Waals surface area contributed by atoms with Crippen molar-refractivity contribution in [3.8, 4) is 0 Å². The molecule has 1 saturated heterocycles. The summed E-state index contributed by atoms with van der Waals surface area (Å²) in [7, 11) is 0. The summed E-state index contributed by atoms with van der Waals surface area (Å²) in [6.45, 7) is 8.42. The summed E-state index contributed by atoms with van der Waals surface area (Å²) < 4.78 is 0. The Labute approximate surface area is 160 Å². The standard InChI is InChI=1S/C21H26N6/c1-21(2)6-10-26(11-7-21)18-14-23-19-16(25-18)13-24-20(19)27-9-3-4-15-12-22-8-5-17(15)27/h5,8,12,14H,3-4,6-7,9-11,13H2,1-2H3. The Bertz CT molecular complexity index is 893. The smallest absolute Gasteiger partial charge is 0.156 e. The molecule has 0 unspecified atom stereocenters. The quantitative estimate of drug-likeness (QED) is 0.780. The molecule has 0 spiro atoms. The Kier molecular flexibility index (Phi) is 3.88. The van der Waals surface area contributed by atoms with E-state index in [2.05, 4.69) is 34.7 Å². The van der Waals surface area contributed by atoms with Gasteiger partial charge in [0, 0.05) is 37.7 Å². The first-order chi connectivity index (χ1) is 13.1. The van der Waals surface area contributed by atoms with Crippen LogP contribution in [0.2, 0.25) is 0 Å². The third-order valence-corrected chi connectivity index (χ3v) is 6.12. The predicted molar refractivity (Wildman–Crippen MR) is 107 cm³/mol. The van der Waals surface area contributed by atoms with Crippen LogP contribution in [0.5, 0.6) is 0 Å². The molecule has 2 aromatic rings. The molecule has 2 aromatic heterocycles. The summed E-state index contributed by atoms with van der Waals surface area (Å²) in [4.78, 5) is 23.5. The first-order valence-corrected chi connectivity index (χ1v) is 9.97. The number of rotatable bonds is 1. The van der Waals surface area contributed by atoms with Gasteiger partial charge in [-0.05, 0) is 42.7 Å². The Hall–Kier alpha value is -2.50. The second-order valence-electron chi connectivity index (χ2n) is 8.57. The molecule has 0 bridgehead atoms. The van der Waals surface area contributed by atoms with Crippen molar-refractivity contribution in [1.82, 2.24) is 15.0 Å². The Morgan fingerprint density at radius 2 is 1.93 bits per heavy atom. The maximum atomic E-state index is 4.94. The third-order valence-electron chi connectivity index (χ3n) is 6.12. The number of pyridine rings is 1. The molecule has 1 fully saturated rings. The van der Waals surface area contributed by atoms with Crippen LogP contribution in [0.3, 0.4) is 0 Å². The van der Waals surface area contributed by atoms with Crippen LogP contribution in [0.1, 0.15) is 50.1 Å². The summed E-state index contributed by atoms with van der Waals surface area (Å²) in [6, 6.07) is 2.09. The fraction of sp³-hybridized carbons (Fsp3) is 0.524. The lowest BCUT2D eigenvalue weighted by Gasteiger charge is -2.37. The van der Waals surface area contributed by atoms with Crippen molar-refractivity contribution >= 4 is 17.3 Å². The number of fused-ring (bicyclic) bond motifs is 2. The SMILES string of the molecule is CC1(C)CCN(c2cnc3c(n2)CN=C3N2CCCc3cnccc32)CC1. The minimum atomic E-state index is 0.438. The van der Waals surface area contributed by atoms with Gasteiger partial charge in [0.2, 0.25) is 0 Å². The lowest BCUT2D eigenvalue weighted by atomic mass is 9.83. The maximum Gasteiger partial charge on any atom is 0.156 e. The number of hydrogen-bond donors (Lipinski definition) is 0. The van der Waals surface area contributed by atoms with Crippen LogP contribution in [0.4, 0.5) is 11.5 Å². The van der Waals surface area contributed by atoms with E-state index in [1.165, 1.54) is 24.1 Å². The van der Waals surface area contributed by atoms with Gasteiger partial charge in [-0.2, -0.15) is 0 Å². The van der Waals surface area contributed by atoms with Gasteiger partial charge >= 0.3 is 0 Å². The lowest BCUT2D eigenvalue weighted by Crippen LogP contribution is -2.38. The van der Waals surface area contributed by atoms with E-state index in [0.29, 0.717) is 12.0 Å². The summed E-state index contributed by atoms with van der Waals surface area (Å²) >= 11 is 0. The molecule has 0 aliphatic carbocycles. The first-order valence-electron chi connectivity index (χ1n) is 9.97. The highest BCUT2D eigenvalue weighted by molar-refractivity contribution is 6.11. The van der Waals surface area contributed by atoms with E-state index in [0.717, 1.165) is 55.5 Å². The molecule has 6 heteroatoms. The highest BCUT2D eigenvalue weighted by Crippen LogP contribution is 2.33. The van der Waals surface area contributed by atoms with Crippen LogP contribution < -0.4 is 9.80 Å². The van der Waals surface area contributed by atoms with Crippen LogP contribution in [0, 0.1) is 5.41 Å². The molecule has 0 aromatic carbocycles.